The molecule has 6 heteroatoms. The van der Waals surface area contributed by atoms with Crippen molar-refractivity contribution >= 4 is 21.6 Å². The van der Waals surface area contributed by atoms with Crippen molar-refractivity contribution < 1.29 is 4.74 Å². The summed E-state index contributed by atoms with van der Waals surface area (Å²) < 4.78 is 7.16. The number of hydrogen-bond acceptors (Lipinski definition) is 3. The van der Waals surface area contributed by atoms with E-state index in [9.17, 15) is 4.79 Å². The van der Waals surface area contributed by atoms with Crippen LogP contribution in [0, 0.1) is 0 Å². The van der Waals surface area contributed by atoms with Crippen molar-refractivity contribution in [1.82, 2.24) is 14.6 Å². The van der Waals surface area contributed by atoms with Crippen molar-refractivity contribution in [3.63, 3.8) is 0 Å². The number of pyridine rings is 1. The molecular formula is C7H6BrN3O2. The normalized spacial score (nSPS) is 10.6. The van der Waals surface area contributed by atoms with Crippen LogP contribution in [0.3, 0.4) is 0 Å². The van der Waals surface area contributed by atoms with Gasteiger partial charge in [-0.3, -0.25) is 0 Å². The van der Waals surface area contributed by atoms with Gasteiger partial charge in [0.15, 0.2) is 5.65 Å². The van der Waals surface area contributed by atoms with Crippen LogP contribution < -0.4 is 10.4 Å². The molecule has 0 aromatic carbocycles. The zero-order valence-corrected chi connectivity index (χ0v) is 8.33. The Balaban J connectivity index is 2.83. The van der Waals surface area contributed by atoms with Gasteiger partial charge in [0, 0.05) is 12.3 Å². The summed E-state index contributed by atoms with van der Waals surface area (Å²) in [5.74, 6) is 0.645. The van der Waals surface area contributed by atoms with Crippen LogP contribution >= 0.6 is 15.9 Å². The van der Waals surface area contributed by atoms with Gasteiger partial charge in [-0.15, -0.1) is 0 Å². The van der Waals surface area contributed by atoms with Gasteiger partial charge in [-0.1, -0.05) is 0 Å². The van der Waals surface area contributed by atoms with Crippen LogP contribution in [-0.4, -0.2) is 21.7 Å². The van der Waals surface area contributed by atoms with E-state index in [2.05, 4.69) is 26.1 Å². The molecule has 0 aliphatic rings. The van der Waals surface area contributed by atoms with Gasteiger partial charge in [0.05, 0.1) is 11.6 Å². The lowest BCUT2D eigenvalue weighted by atomic mass is 10.4. The lowest BCUT2D eigenvalue weighted by molar-refractivity contribution is 0.412. The summed E-state index contributed by atoms with van der Waals surface area (Å²) >= 11 is 3.27. The SMILES string of the molecule is COc1cc2n[nH]c(=O)n2cc1Br. The Labute approximate surface area is 81.5 Å². The number of rotatable bonds is 1. The molecule has 0 fully saturated rings. The van der Waals surface area contributed by atoms with Crippen LogP contribution in [0.1, 0.15) is 0 Å². The quantitative estimate of drug-likeness (QED) is 0.806. The lowest BCUT2D eigenvalue weighted by Crippen LogP contribution is -2.08. The summed E-state index contributed by atoms with van der Waals surface area (Å²) in [6.07, 6.45) is 1.61. The second-order valence-electron chi connectivity index (χ2n) is 2.45. The zero-order valence-electron chi connectivity index (χ0n) is 6.74. The monoisotopic (exact) mass is 243 g/mol. The summed E-state index contributed by atoms with van der Waals surface area (Å²) in [6, 6.07) is 1.67. The molecule has 0 aliphatic heterocycles. The van der Waals surface area contributed by atoms with Crippen LogP contribution in [0.4, 0.5) is 0 Å². The molecule has 0 radical (unpaired) electrons. The fraction of sp³-hybridized carbons (Fsp3) is 0.143. The minimum absolute atomic E-state index is 0.265. The molecule has 2 aromatic rings. The summed E-state index contributed by atoms with van der Waals surface area (Å²) in [6.45, 7) is 0. The number of nitrogens with zero attached hydrogens (tertiary/aromatic N) is 2. The fourth-order valence-corrected chi connectivity index (χ4v) is 1.54. The van der Waals surface area contributed by atoms with E-state index >= 15 is 0 Å². The van der Waals surface area contributed by atoms with Crippen LogP contribution in [0.5, 0.6) is 5.75 Å². The number of aromatic amines is 1. The van der Waals surface area contributed by atoms with Crippen LogP contribution in [-0.2, 0) is 0 Å². The highest BCUT2D eigenvalue weighted by Gasteiger charge is 2.05. The predicted molar refractivity (Wildman–Crippen MR) is 50.1 cm³/mol. The molecule has 0 bridgehead atoms. The summed E-state index contributed by atoms with van der Waals surface area (Å²) in [4.78, 5) is 11.1. The first-order chi connectivity index (χ1) is 6.22. The van der Waals surface area contributed by atoms with Gasteiger partial charge < -0.3 is 4.74 Å². The Bertz CT molecular complexity index is 502. The molecule has 0 amide bonds. The molecule has 2 rings (SSSR count). The van der Waals surface area contributed by atoms with Gasteiger partial charge in [0.2, 0.25) is 0 Å². The van der Waals surface area contributed by atoms with E-state index in [4.69, 9.17) is 4.74 Å². The molecule has 2 aromatic heterocycles. The molecule has 1 N–H and O–H groups in total. The summed E-state index contributed by atoms with van der Waals surface area (Å²) in [5, 5.41) is 6.13. The molecule has 5 nitrogen and oxygen atoms in total. The van der Waals surface area contributed by atoms with E-state index in [0.29, 0.717) is 15.9 Å². The number of hydrogen-bond donors (Lipinski definition) is 1. The maximum absolute atomic E-state index is 11.1. The minimum atomic E-state index is -0.265. The first kappa shape index (κ1) is 8.31. The van der Waals surface area contributed by atoms with Gasteiger partial charge in [-0.05, 0) is 15.9 Å². The Morgan fingerprint density at radius 3 is 3.15 bits per heavy atom. The molecule has 0 saturated carbocycles. The predicted octanol–water partition coefficient (Wildman–Crippen LogP) is 0.794. The number of methoxy groups -OCH3 is 1. The van der Waals surface area contributed by atoms with Gasteiger partial charge >= 0.3 is 5.69 Å². The molecule has 0 aliphatic carbocycles. The third kappa shape index (κ3) is 1.23. The van der Waals surface area contributed by atoms with Gasteiger partial charge in [0.25, 0.3) is 0 Å². The second-order valence-corrected chi connectivity index (χ2v) is 3.30. The first-order valence-corrected chi connectivity index (χ1v) is 4.32. The maximum Gasteiger partial charge on any atom is 0.347 e. The molecule has 2 heterocycles. The second kappa shape index (κ2) is 2.88. The van der Waals surface area contributed by atoms with E-state index < -0.39 is 0 Å². The average molecular weight is 244 g/mol. The fourth-order valence-electron chi connectivity index (χ4n) is 1.06. The number of aromatic nitrogens is 3. The van der Waals surface area contributed by atoms with E-state index in [1.165, 1.54) is 4.40 Å². The molecule has 0 saturated heterocycles. The molecule has 13 heavy (non-hydrogen) atoms. The third-order valence-electron chi connectivity index (χ3n) is 1.69. The third-order valence-corrected chi connectivity index (χ3v) is 2.29. The van der Waals surface area contributed by atoms with Crippen molar-refractivity contribution in [2.24, 2.45) is 0 Å². The first-order valence-electron chi connectivity index (χ1n) is 3.52. The van der Waals surface area contributed by atoms with E-state index in [-0.39, 0.29) is 5.69 Å². The van der Waals surface area contributed by atoms with Crippen molar-refractivity contribution in [2.45, 2.75) is 0 Å². The van der Waals surface area contributed by atoms with Gasteiger partial charge in [0.1, 0.15) is 5.75 Å². The highest BCUT2D eigenvalue weighted by Crippen LogP contribution is 2.24. The minimum Gasteiger partial charge on any atom is -0.495 e. The number of ether oxygens (including phenoxy) is 1. The lowest BCUT2D eigenvalue weighted by Gasteiger charge is -2.01. The Morgan fingerprint density at radius 2 is 2.46 bits per heavy atom. The molecule has 0 atom stereocenters. The number of nitrogens with one attached hydrogen (secondary N) is 1. The van der Waals surface area contributed by atoms with Gasteiger partial charge in [-0.2, -0.15) is 5.10 Å². The zero-order chi connectivity index (χ0) is 9.42. The number of fused-ring (bicyclic) bond motifs is 1. The van der Waals surface area contributed by atoms with Crippen LogP contribution in [0.2, 0.25) is 0 Å². The van der Waals surface area contributed by atoms with E-state index in [1.807, 2.05) is 0 Å². The van der Waals surface area contributed by atoms with Crippen molar-refractivity contribution in [3.8, 4) is 5.75 Å². The van der Waals surface area contributed by atoms with Gasteiger partial charge in [-0.25, -0.2) is 14.3 Å². The van der Waals surface area contributed by atoms with Crippen molar-refractivity contribution in [1.29, 1.82) is 0 Å². The number of halogens is 1. The maximum atomic E-state index is 11.1. The Hall–Kier alpha value is -1.30. The largest absolute Gasteiger partial charge is 0.495 e. The Kier molecular flexibility index (Phi) is 1.84. The average Bonchev–Trinajstić information content (AvgIpc) is 2.47. The molecule has 68 valence electrons. The highest BCUT2D eigenvalue weighted by molar-refractivity contribution is 9.10. The topological polar surface area (TPSA) is 59.4 Å². The van der Waals surface area contributed by atoms with Crippen molar-refractivity contribution in [2.75, 3.05) is 7.11 Å². The molecule has 0 spiro atoms. The summed E-state index contributed by atoms with van der Waals surface area (Å²) in [5.41, 5.74) is 0.267. The number of H-pyrrole nitrogens is 1. The highest BCUT2D eigenvalue weighted by atomic mass is 79.9. The van der Waals surface area contributed by atoms with Crippen LogP contribution in [0.25, 0.3) is 5.65 Å². The standard InChI is InChI=1S/C7H6BrN3O2/c1-13-5-2-6-9-10-7(12)11(6)3-4(5)8/h2-3H,1H3,(H,10,12). The molecular weight excluding hydrogens is 238 g/mol. The van der Waals surface area contributed by atoms with Crippen molar-refractivity contribution in [3.05, 3.63) is 27.2 Å². The Morgan fingerprint density at radius 1 is 1.69 bits per heavy atom. The molecule has 0 unspecified atom stereocenters. The van der Waals surface area contributed by atoms with E-state index in [0.717, 1.165) is 0 Å². The summed E-state index contributed by atoms with van der Waals surface area (Å²) in [7, 11) is 1.56. The van der Waals surface area contributed by atoms with Crippen LogP contribution in [0.15, 0.2) is 21.5 Å². The smallest absolute Gasteiger partial charge is 0.347 e. The van der Waals surface area contributed by atoms with E-state index in [1.54, 1.807) is 19.4 Å².